The third kappa shape index (κ3) is 4.07. The van der Waals surface area contributed by atoms with E-state index in [2.05, 4.69) is 21.3 Å². The lowest BCUT2D eigenvalue weighted by Crippen LogP contribution is -2.41. The van der Waals surface area contributed by atoms with Gasteiger partial charge in [-0.2, -0.15) is 13.2 Å². The van der Waals surface area contributed by atoms with E-state index in [1.807, 2.05) is 13.0 Å². The average molecular weight is 419 g/mol. The van der Waals surface area contributed by atoms with Crippen molar-refractivity contribution >= 4 is 38.8 Å². The maximum Gasteiger partial charge on any atom is 0.418 e. The molecule has 3 heterocycles. The monoisotopic (exact) mass is 419 g/mol. The van der Waals surface area contributed by atoms with Gasteiger partial charge < -0.3 is 10.2 Å². The second kappa shape index (κ2) is 7.67. The number of nitrogens with one attached hydrogen (secondary N) is 1. The van der Waals surface area contributed by atoms with E-state index in [1.54, 1.807) is 17.5 Å². The van der Waals surface area contributed by atoms with Crippen molar-refractivity contribution < 1.29 is 18.0 Å². The molecule has 0 unspecified atom stereocenters. The van der Waals surface area contributed by atoms with Crippen molar-refractivity contribution in [1.29, 1.82) is 0 Å². The average Bonchev–Trinajstić information content (AvgIpc) is 3.08. The minimum Gasteiger partial charge on any atom is -0.355 e. The Hall–Kier alpha value is -2.61. The number of nitrogens with zero attached hydrogens (tertiary/aromatic N) is 2. The zero-order chi connectivity index (χ0) is 20.6. The van der Waals surface area contributed by atoms with Gasteiger partial charge in [-0.05, 0) is 44.0 Å². The number of rotatable bonds is 3. The molecule has 152 valence electrons. The Morgan fingerprint density at radius 1 is 1.28 bits per heavy atom. The summed E-state index contributed by atoms with van der Waals surface area (Å²) in [5.41, 5.74) is -1.03. The molecule has 29 heavy (non-hydrogen) atoms. The molecule has 1 aliphatic rings. The molecule has 4 rings (SSSR count). The summed E-state index contributed by atoms with van der Waals surface area (Å²) < 4.78 is 40.8. The summed E-state index contributed by atoms with van der Waals surface area (Å²) in [6, 6.07) is 9.13. The molecule has 1 aliphatic heterocycles. The number of amides is 1. The van der Waals surface area contributed by atoms with Crippen molar-refractivity contribution in [2.24, 2.45) is 5.92 Å². The number of anilines is 2. The maximum atomic E-state index is 13.2. The van der Waals surface area contributed by atoms with Gasteiger partial charge in [0, 0.05) is 34.2 Å². The SMILES string of the molecule is Cc1cc2c(N3CCC[C@@H](C(=O)Nc4ccccc4C(F)(F)F)C3)nccc2s1. The van der Waals surface area contributed by atoms with Crippen LogP contribution in [0, 0.1) is 12.8 Å². The Kier molecular flexibility index (Phi) is 5.21. The molecule has 1 amide bonds. The van der Waals surface area contributed by atoms with Crippen molar-refractivity contribution in [1.82, 2.24) is 4.98 Å². The molecular formula is C21H20F3N3OS. The molecule has 1 atom stereocenters. The number of aromatic nitrogens is 1. The molecule has 1 saturated heterocycles. The molecular weight excluding hydrogens is 399 g/mol. The number of piperidine rings is 1. The molecule has 3 aromatic rings. The first-order valence-electron chi connectivity index (χ1n) is 9.40. The van der Waals surface area contributed by atoms with Crippen LogP contribution in [0.15, 0.2) is 42.6 Å². The fourth-order valence-corrected chi connectivity index (χ4v) is 4.70. The highest BCUT2D eigenvalue weighted by molar-refractivity contribution is 7.19. The number of carbonyl (C=O) groups is 1. The first kappa shape index (κ1) is 19.7. The Bertz CT molecular complexity index is 1050. The van der Waals surface area contributed by atoms with Crippen LogP contribution in [0.5, 0.6) is 0 Å². The highest BCUT2D eigenvalue weighted by atomic mass is 32.1. The molecule has 4 nitrogen and oxygen atoms in total. The molecule has 0 aliphatic carbocycles. The van der Waals surface area contributed by atoms with Gasteiger partial charge in [-0.15, -0.1) is 11.3 Å². The third-order valence-electron chi connectivity index (χ3n) is 5.13. The Balaban J connectivity index is 1.54. The second-order valence-electron chi connectivity index (χ2n) is 7.22. The summed E-state index contributed by atoms with van der Waals surface area (Å²) >= 11 is 1.69. The van der Waals surface area contributed by atoms with Gasteiger partial charge in [0.1, 0.15) is 5.82 Å². The molecule has 8 heteroatoms. The number of para-hydroxylation sites is 1. The van der Waals surface area contributed by atoms with Gasteiger partial charge >= 0.3 is 6.18 Å². The smallest absolute Gasteiger partial charge is 0.355 e. The molecule has 1 aromatic carbocycles. The number of pyridine rings is 1. The van der Waals surface area contributed by atoms with Crippen LogP contribution in [0.2, 0.25) is 0 Å². The summed E-state index contributed by atoms with van der Waals surface area (Å²) in [6.45, 7) is 3.24. The number of benzene rings is 1. The number of fused-ring (bicyclic) bond motifs is 1. The second-order valence-corrected chi connectivity index (χ2v) is 8.51. The summed E-state index contributed by atoms with van der Waals surface area (Å²) in [5, 5.41) is 3.55. The van der Waals surface area contributed by atoms with Crippen molar-refractivity contribution in [3.63, 3.8) is 0 Å². The van der Waals surface area contributed by atoms with E-state index in [-0.39, 0.29) is 11.6 Å². The van der Waals surface area contributed by atoms with Crippen molar-refractivity contribution in [2.45, 2.75) is 25.9 Å². The van der Waals surface area contributed by atoms with Crippen LogP contribution in [0.4, 0.5) is 24.7 Å². The topological polar surface area (TPSA) is 45.2 Å². The third-order valence-corrected chi connectivity index (χ3v) is 6.15. The lowest BCUT2D eigenvalue weighted by Gasteiger charge is -2.33. The first-order chi connectivity index (χ1) is 13.8. The molecule has 1 N–H and O–H groups in total. The van der Waals surface area contributed by atoms with Crippen LogP contribution in [0.3, 0.4) is 0 Å². The number of hydrogen-bond donors (Lipinski definition) is 1. The number of aryl methyl sites for hydroxylation is 1. The van der Waals surface area contributed by atoms with Crippen LogP contribution in [0.1, 0.15) is 23.3 Å². The maximum absolute atomic E-state index is 13.2. The highest BCUT2D eigenvalue weighted by Crippen LogP contribution is 2.36. The van der Waals surface area contributed by atoms with Gasteiger partial charge in [-0.3, -0.25) is 4.79 Å². The summed E-state index contributed by atoms with van der Waals surface area (Å²) in [4.78, 5) is 20.5. The van der Waals surface area contributed by atoms with Crippen molar-refractivity contribution in [2.75, 3.05) is 23.3 Å². The Morgan fingerprint density at radius 2 is 2.07 bits per heavy atom. The molecule has 0 spiro atoms. The van der Waals surface area contributed by atoms with E-state index in [0.717, 1.165) is 34.9 Å². The Morgan fingerprint density at radius 3 is 2.86 bits per heavy atom. The highest BCUT2D eigenvalue weighted by Gasteiger charge is 2.34. The molecule has 0 radical (unpaired) electrons. The lowest BCUT2D eigenvalue weighted by atomic mass is 9.96. The zero-order valence-corrected chi connectivity index (χ0v) is 16.6. The zero-order valence-electron chi connectivity index (χ0n) is 15.8. The van der Waals surface area contributed by atoms with Crippen LogP contribution in [0.25, 0.3) is 10.1 Å². The van der Waals surface area contributed by atoms with Crippen LogP contribution >= 0.6 is 11.3 Å². The number of halogens is 3. The van der Waals surface area contributed by atoms with E-state index in [1.165, 1.54) is 23.1 Å². The van der Waals surface area contributed by atoms with E-state index in [0.29, 0.717) is 13.0 Å². The van der Waals surface area contributed by atoms with Crippen LogP contribution < -0.4 is 10.2 Å². The molecule has 1 fully saturated rings. The van der Waals surface area contributed by atoms with Gasteiger partial charge in [0.05, 0.1) is 17.2 Å². The predicted molar refractivity (Wildman–Crippen MR) is 109 cm³/mol. The van der Waals surface area contributed by atoms with E-state index >= 15 is 0 Å². The first-order valence-corrected chi connectivity index (χ1v) is 10.2. The summed E-state index contributed by atoms with van der Waals surface area (Å²) in [6.07, 6.45) is -1.34. The number of alkyl halides is 3. The number of hydrogen-bond acceptors (Lipinski definition) is 4. The summed E-state index contributed by atoms with van der Waals surface area (Å²) in [7, 11) is 0. The molecule has 0 saturated carbocycles. The van der Waals surface area contributed by atoms with Gasteiger partial charge in [-0.25, -0.2) is 4.98 Å². The van der Waals surface area contributed by atoms with Crippen LogP contribution in [-0.2, 0) is 11.0 Å². The minimum absolute atomic E-state index is 0.198. The number of thiophene rings is 1. The van der Waals surface area contributed by atoms with Crippen molar-refractivity contribution in [3.8, 4) is 0 Å². The van der Waals surface area contributed by atoms with Gasteiger partial charge in [0.2, 0.25) is 5.91 Å². The quantitative estimate of drug-likeness (QED) is 0.612. The Labute approximate surface area is 170 Å². The lowest BCUT2D eigenvalue weighted by molar-refractivity contribution is -0.137. The van der Waals surface area contributed by atoms with E-state index < -0.39 is 17.7 Å². The van der Waals surface area contributed by atoms with Gasteiger partial charge in [0.15, 0.2) is 0 Å². The predicted octanol–water partition coefficient (Wildman–Crippen LogP) is 5.48. The fourth-order valence-electron chi connectivity index (χ4n) is 3.79. The standard InChI is InChI=1S/C21H20F3N3OS/c1-13-11-15-18(29-13)8-9-25-19(15)27-10-4-5-14(12-27)20(28)26-17-7-3-2-6-16(17)21(22,23)24/h2-3,6-9,11,14H,4-5,10,12H2,1H3,(H,26,28)/t14-/m1/s1. The minimum atomic E-state index is -4.52. The van der Waals surface area contributed by atoms with E-state index in [9.17, 15) is 18.0 Å². The molecule has 0 bridgehead atoms. The van der Waals surface area contributed by atoms with Gasteiger partial charge in [0.25, 0.3) is 0 Å². The number of carbonyl (C=O) groups excluding carboxylic acids is 1. The van der Waals surface area contributed by atoms with E-state index in [4.69, 9.17) is 0 Å². The molecule has 2 aromatic heterocycles. The van der Waals surface area contributed by atoms with Gasteiger partial charge in [-0.1, -0.05) is 12.1 Å². The largest absolute Gasteiger partial charge is 0.418 e. The normalized spacial score (nSPS) is 17.5. The summed E-state index contributed by atoms with van der Waals surface area (Å²) in [5.74, 6) is 0.0435. The van der Waals surface area contributed by atoms with Crippen LogP contribution in [-0.4, -0.2) is 24.0 Å². The van der Waals surface area contributed by atoms with Crippen molar-refractivity contribution in [3.05, 3.63) is 53.0 Å². The fraction of sp³-hybridized carbons (Fsp3) is 0.333.